The molecule has 2 rings (SSSR count). The van der Waals surface area contributed by atoms with Gasteiger partial charge in [-0.15, -0.1) is 0 Å². The summed E-state index contributed by atoms with van der Waals surface area (Å²) in [6, 6.07) is 8.28. The number of aryl methyl sites for hydroxylation is 1. The van der Waals surface area contributed by atoms with Crippen molar-refractivity contribution in [1.29, 1.82) is 0 Å². The number of rotatable bonds is 3. The van der Waals surface area contributed by atoms with Crippen molar-refractivity contribution in [3.8, 4) is 0 Å². The molecule has 1 aromatic heterocycles. The monoisotopic (exact) mass is 279 g/mol. The Kier molecular flexibility index (Phi) is 4.15. The lowest BCUT2D eigenvalue weighted by atomic mass is 10.3. The van der Waals surface area contributed by atoms with Gasteiger partial charge < -0.3 is 5.32 Å². The first kappa shape index (κ1) is 13.3. The minimum atomic E-state index is -0.169. The number of nitrogens with zero attached hydrogens (tertiary/aromatic N) is 2. The first-order valence-corrected chi connectivity index (χ1v) is 8.22. The standard InChI is InChI=1S/C13H15ClN3P/c1-9-8-15-13(14)17-12(9)16-10-6-4-5-7-11(10)18(2)3/h4-8H,1-3H3,(H,15,16,17). The van der Waals surface area contributed by atoms with E-state index in [-0.39, 0.29) is 13.2 Å². The van der Waals surface area contributed by atoms with Crippen molar-refractivity contribution in [3.63, 3.8) is 0 Å². The molecule has 0 amide bonds. The average molecular weight is 280 g/mol. The van der Waals surface area contributed by atoms with Crippen molar-refractivity contribution < 1.29 is 0 Å². The zero-order chi connectivity index (χ0) is 13.1. The fraction of sp³-hybridized carbons (Fsp3) is 0.231. The van der Waals surface area contributed by atoms with Gasteiger partial charge in [0.2, 0.25) is 5.28 Å². The number of hydrogen-bond acceptors (Lipinski definition) is 3. The zero-order valence-corrected chi connectivity index (χ0v) is 12.3. The smallest absolute Gasteiger partial charge is 0.224 e. The van der Waals surface area contributed by atoms with Gasteiger partial charge in [0.15, 0.2) is 0 Å². The molecule has 0 spiro atoms. The number of hydrogen-bond donors (Lipinski definition) is 1. The van der Waals surface area contributed by atoms with Gasteiger partial charge in [0, 0.05) is 17.4 Å². The Hall–Kier alpha value is -1.18. The van der Waals surface area contributed by atoms with Gasteiger partial charge in [0.05, 0.1) is 0 Å². The van der Waals surface area contributed by atoms with Crippen LogP contribution in [0.25, 0.3) is 0 Å². The second kappa shape index (κ2) is 5.64. The second-order valence-electron chi connectivity index (χ2n) is 4.21. The minimum absolute atomic E-state index is 0.169. The van der Waals surface area contributed by atoms with Crippen molar-refractivity contribution in [3.05, 3.63) is 41.3 Å². The molecule has 0 radical (unpaired) electrons. The largest absolute Gasteiger partial charge is 0.339 e. The van der Waals surface area contributed by atoms with E-state index in [0.29, 0.717) is 0 Å². The Balaban J connectivity index is 2.37. The lowest BCUT2D eigenvalue weighted by Gasteiger charge is -2.15. The highest BCUT2D eigenvalue weighted by Gasteiger charge is 2.08. The summed E-state index contributed by atoms with van der Waals surface area (Å²) in [6.07, 6.45) is 1.72. The van der Waals surface area contributed by atoms with Crippen LogP contribution in [0.5, 0.6) is 0 Å². The molecule has 0 bridgehead atoms. The molecule has 3 nitrogen and oxygen atoms in total. The molecule has 94 valence electrons. The third-order valence-electron chi connectivity index (χ3n) is 2.58. The van der Waals surface area contributed by atoms with Crippen molar-refractivity contribution in [2.24, 2.45) is 0 Å². The van der Waals surface area contributed by atoms with Crippen LogP contribution < -0.4 is 10.6 Å². The zero-order valence-electron chi connectivity index (χ0n) is 10.6. The molecular formula is C13H15ClN3P. The number of nitrogens with one attached hydrogen (secondary N) is 1. The highest BCUT2D eigenvalue weighted by molar-refractivity contribution is 7.64. The molecular weight excluding hydrogens is 265 g/mol. The molecule has 0 aliphatic heterocycles. The Morgan fingerprint density at radius 3 is 2.67 bits per heavy atom. The predicted molar refractivity (Wildman–Crippen MR) is 79.9 cm³/mol. The van der Waals surface area contributed by atoms with Crippen LogP contribution in [0.3, 0.4) is 0 Å². The molecule has 0 atom stereocenters. The predicted octanol–water partition coefficient (Wildman–Crippen LogP) is 3.55. The number of halogens is 1. The van der Waals surface area contributed by atoms with Crippen LogP contribution in [0.4, 0.5) is 11.5 Å². The van der Waals surface area contributed by atoms with E-state index >= 15 is 0 Å². The lowest BCUT2D eigenvalue weighted by Crippen LogP contribution is -2.08. The van der Waals surface area contributed by atoms with E-state index in [4.69, 9.17) is 11.6 Å². The molecule has 5 heteroatoms. The van der Waals surface area contributed by atoms with Crippen molar-refractivity contribution >= 4 is 36.3 Å². The fourth-order valence-electron chi connectivity index (χ4n) is 1.64. The van der Waals surface area contributed by atoms with Crippen LogP contribution in [0.1, 0.15) is 5.56 Å². The van der Waals surface area contributed by atoms with Gasteiger partial charge in [-0.3, -0.25) is 0 Å². The van der Waals surface area contributed by atoms with Gasteiger partial charge in [0.25, 0.3) is 0 Å². The van der Waals surface area contributed by atoms with E-state index in [1.165, 1.54) is 5.30 Å². The van der Waals surface area contributed by atoms with E-state index in [0.717, 1.165) is 17.1 Å². The summed E-state index contributed by atoms with van der Waals surface area (Å²) < 4.78 is 0. The van der Waals surface area contributed by atoms with Crippen LogP contribution in [-0.2, 0) is 0 Å². The quantitative estimate of drug-likeness (QED) is 0.690. The van der Waals surface area contributed by atoms with Gasteiger partial charge in [-0.25, -0.2) is 9.97 Å². The maximum Gasteiger partial charge on any atom is 0.224 e. The van der Waals surface area contributed by atoms with Gasteiger partial charge in [-0.1, -0.05) is 26.1 Å². The highest BCUT2D eigenvalue weighted by Crippen LogP contribution is 2.29. The van der Waals surface area contributed by atoms with Crippen molar-refractivity contribution in [2.45, 2.75) is 6.92 Å². The Morgan fingerprint density at radius 1 is 1.22 bits per heavy atom. The fourth-order valence-corrected chi connectivity index (χ4v) is 2.77. The summed E-state index contributed by atoms with van der Waals surface area (Å²) in [7, 11) is -0.169. The summed E-state index contributed by atoms with van der Waals surface area (Å²) >= 11 is 5.83. The lowest BCUT2D eigenvalue weighted by molar-refractivity contribution is 1.13. The van der Waals surface area contributed by atoms with Crippen LogP contribution in [0.15, 0.2) is 30.5 Å². The normalized spacial score (nSPS) is 10.7. The summed E-state index contributed by atoms with van der Waals surface area (Å²) in [5.41, 5.74) is 2.07. The van der Waals surface area contributed by atoms with Crippen LogP contribution in [0, 0.1) is 6.92 Å². The molecule has 18 heavy (non-hydrogen) atoms. The van der Waals surface area contributed by atoms with Gasteiger partial charge in [-0.05, 0) is 43.2 Å². The van der Waals surface area contributed by atoms with Gasteiger partial charge in [-0.2, -0.15) is 0 Å². The molecule has 0 aliphatic carbocycles. The summed E-state index contributed by atoms with van der Waals surface area (Å²) in [4.78, 5) is 8.18. The topological polar surface area (TPSA) is 37.8 Å². The highest BCUT2D eigenvalue weighted by atomic mass is 35.5. The molecule has 2 aromatic rings. The van der Waals surface area contributed by atoms with E-state index in [2.05, 4.69) is 46.8 Å². The first-order chi connectivity index (χ1) is 8.58. The average Bonchev–Trinajstić information content (AvgIpc) is 2.34. The molecule has 0 fully saturated rings. The van der Waals surface area contributed by atoms with Gasteiger partial charge >= 0.3 is 0 Å². The number of aromatic nitrogens is 2. The number of benzene rings is 1. The summed E-state index contributed by atoms with van der Waals surface area (Å²) in [6.45, 7) is 6.42. The Morgan fingerprint density at radius 2 is 1.94 bits per heavy atom. The minimum Gasteiger partial charge on any atom is -0.339 e. The Bertz CT molecular complexity index is 558. The number of para-hydroxylation sites is 1. The van der Waals surface area contributed by atoms with Crippen LogP contribution >= 0.6 is 19.5 Å². The van der Waals surface area contributed by atoms with Crippen LogP contribution in [0.2, 0.25) is 5.28 Å². The maximum atomic E-state index is 5.83. The van der Waals surface area contributed by atoms with E-state index in [1.807, 2.05) is 13.0 Å². The van der Waals surface area contributed by atoms with Crippen LogP contribution in [-0.4, -0.2) is 23.3 Å². The van der Waals surface area contributed by atoms with E-state index in [1.54, 1.807) is 6.20 Å². The van der Waals surface area contributed by atoms with Crippen molar-refractivity contribution in [1.82, 2.24) is 9.97 Å². The third kappa shape index (κ3) is 2.98. The van der Waals surface area contributed by atoms with E-state index < -0.39 is 0 Å². The van der Waals surface area contributed by atoms with E-state index in [9.17, 15) is 0 Å². The second-order valence-corrected chi connectivity index (χ2v) is 6.82. The molecule has 0 saturated carbocycles. The summed E-state index contributed by atoms with van der Waals surface area (Å²) in [5, 5.41) is 4.92. The molecule has 1 N–H and O–H groups in total. The molecule has 0 unspecified atom stereocenters. The summed E-state index contributed by atoms with van der Waals surface area (Å²) in [5.74, 6) is 0.763. The SMILES string of the molecule is Cc1cnc(Cl)nc1Nc1ccccc1P(C)C. The molecule has 0 aliphatic rings. The molecule has 1 aromatic carbocycles. The maximum absolute atomic E-state index is 5.83. The number of anilines is 2. The Labute approximate surface area is 113 Å². The van der Waals surface area contributed by atoms with Crippen molar-refractivity contribution in [2.75, 3.05) is 18.6 Å². The first-order valence-electron chi connectivity index (χ1n) is 5.60. The third-order valence-corrected chi connectivity index (χ3v) is 4.12. The molecule has 0 saturated heterocycles. The molecule has 1 heterocycles. The van der Waals surface area contributed by atoms with Gasteiger partial charge in [0.1, 0.15) is 5.82 Å².